The van der Waals surface area contributed by atoms with Crippen LogP contribution in [-0.2, 0) is 4.79 Å². The van der Waals surface area contributed by atoms with E-state index in [1.807, 2.05) is 37.3 Å². The molecule has 0 saturated carbocycles. The zero-order valence-corrected chi connectivity index (χ0v) is 22.3. The first kappa shape index (κ1) is 25.2. The van der Waals surface area contributed by atoms with Gasteiger partial charge in [0, 0.05) is 10.0 Å². The average Bonchev–Trinajstić information content (AvgIpc) is 3.28. The molecule has 4 rings (SSSR count). The maximum absolute atomic E-state index is 12.7. The molecule has 0 unspecified atom stereocenters. The molecule has 2 aliphatic heterocycles. The molecule has 182 valence electrons. The Morgan fingerprint density at radius 3 is 2.60 bits per heavy atom. The highest BCUT2D eigenvalue weighted by Gasteiger charge is 2.35. The molecule has 2 aromatic carbocycles. The van der Waals surface area contributed by atoms with Gasteiger partial charge in [0.05, 0.1) is 5.57 Å². The summed E-state index contributed by atoms with van der Waals surface area (Å²) in [6.45, 7) is 7.06. The lowest BCUT2D eigenvalue weighted by Gasteiger charge is -2.20. The second kappa shape index (κ2) is 11.2. The number of fused-ring (bicyclic) bond motifs is 1. The Hall–Kier alpha value is -2.91. The number of nitrogens with one attached hydrogen (secondary N) is 1. The third-order valence-corrected chi connectivity index (χ3v) is 7.29. The fraction of sp³-hybridized carbons (Fsp3) is 0.308. The molecule has 2 heterocycles. The van der Waals surface area contributed by atoms with Crippen molar-refractivity contribution in [1.82, 2.24) is 5.01 Å². The Morgan fingerprint density at radius 2 is 1.89 bits per heavy atom. The van der Waals surface area contributed by atoms with E-state index in [9.17, 15) is 4.79 Å². The van der Waals surface area contributed by atoms with Crippen LogP contribution in [0.1, 0.15) is 50.7 Å². The van der Waals surface area contributed by atoms with E-state index < -0.39 is 5.91 Å². The van der Waals surface area contributed by atoms with Crippen LogP contribution >= 0.6 is 27.7 Å². The lowest BCUT2D eigenvalue weighted by molar-refractivity contribution is -0.114. The van der Waals surface area contributed by atoms with Crippen LogP contribution in [0.4, 0.5) is 0 Å². The molecule has 7 nitrogen and oxygen atoms in total. The van der Waals surface area contributed by atoms with Gasteiger partial charge < -0.3 is 9.47 Å². The van der Waals surface area contributed by atoms with Gasteiger partial charge in [-0.15, -0.1) is 0 Å². The van der Waals surface area contributed by atoms with Gasteiger partial charge in [0.15, 0.2) is 5.84 Å². The smallest absolute Gasteiger partial charge is 0.283 e. The number of amidine groups is 2. The first-order valence-corrected chi connectivity index (χ1v) is 13.1. The first-order chi connectivity index (χ1) is 16.9. The number of amides is 1. The zero-order chi connectivity index (χ0) is 24.9. The van der Waals surface area contributed by atoms with Crippen LogP contribution in [-0.4, -0.2) is 40.2 Å². The molecule has 2 aliphatic rings. The number of hydrogen-bond donors (Lipinski definition) is 1. The van der Waals surface area contributed by atoms with Crippen molar-refractivity contribution < 1.29 is 14.3 Å². The van der Waals surface area contributed by atoms with Gasteiger partial charge in [0.2, 0.25) is 5.17 Å². The summed E-state index contributed by atoms with van der Waals surface area (Å²) in [4.78, 5) is 16.8. The van der Waals surface area contributed by atoms with E-state index in [2.05, 4.69) is 52.0 Å². The van der Waals surface area contributed by atoms with Crippen LogP contribution in [0.15, 0.2) is 62.6 Å². The predicted molar refractivity (Wildman–Crippen MR) is 146 cm³/mol. The van der Waals surface area contributed by atoms with Crippen LogP contribution in [0.3, 0.4) is 0 Å². The number of rotatable bonds is 9. The van der Waals surface area contributed by atoms with Crippen LogP contribution in [0.5, 0.6) is 11.5 Å². The predicted octanol–water partition coefficient (Wildman–Crippen LogP) is 6.45. The van der Waals surface area contributed by atoms with Gasteiger partial charge in [-0.05, 0) is 72.5 Å². The molecular formula is C26H27BrN4O3S. The summed E-state index contributed by atoms with van der Waals surface area (Å²) in [6, 6.07) is 13.7. The van der Waals surface area contributed by atoms with Crippen molar-refractivity contribution in [3.63, 3.8) is 0 Å². The third kappa shape index (κ3) is 5.85. The normalized spacial score (nSPS) is 17.3. The summed E-state index contributed by atoms with van der Waals surface area (Å²) in [5.74, 6) is 1.45. The fourth-order valence-electron chi connectivity index (χ4n) is 3.53. The molecule has 0 bridgehead atoms. The minimum atomic E-state index is -0.462. The Morgan fingerprint density at radius 1 is 1.14 bits per heavy atom. The molecule has 1 N–H and O–H groups in total. The summed E-state index contributed by atoms with van der Waals surface area (Å²) >= 11 is 4.80. The van der Waals surface area contributed by atoms with E-state index in [1.54, 1.807) is 6.08 Å². The summed E-state index contributed by atoms with van der Waals surface area (Å²) in [5.41, 5.74) is 2.12. The molecule has 9 heteroatoms. The monoisotopic (exact) mass is 554 g/mol. The molecule has 0 saturated heterocycles. The molecule has 1 amide bonds. The number of nitrogens with zero attached hydrogens (tertiary/aromatic N) is 3. The maximum Gasteiger partial charge on any atom is 0.283 e. The Kier molecular flexibility index (Phi) is 8.07. The van der Waals surface area contributed by atoms with Crippen molar-refractivity contribution in [3.8, 4) is 11.5 Å². The standard InChI is InChI=1S/C26H27BrN4O3S/c1-4-16(3)17-6-9-20(10-7-17)33-12-13-34-22-11-8-19(27)14-18(22)15-21-24(28)31-26(29-25(21)32)35-23(5-2)30-31/h6-11,14-16,28H,4-5,12-13H2,1-3H3/b21-15+,28-24?/t16-/m0/s1. The lowest BCUT2D eigenvalue weighted by Crippen LogP contribution is -2.35. The lowest BCUT2D eigenvalue weighted by atomic mass is 9.99. The molecule has 0 fully saturated rings. The van der Waals surface area contributed by atoms with Crippen LogP contribution < -0.4 is 9.47 Å². The highest BCUT2D eigenvalue weighted by molar-refractivity contribution is 9.10. The molecule has 0 aliphatic carbocycles. The van der Waals surface area contributed by atoms with Gasteiger partial charge in [-0.3, -0.25) is 10.2 Å². The molecule has 0 aromatic heterocycles. The van der Waals surface area contributed by atoms with E-state index in [0.29, 0.717) is 42.0 Å². The zero-order valence-electron chi connectivity index (χ0n) is 19.9. The van der Waals surface area contributed by atoms with Crippen molar-refractivity contribution in [1.29, 1.82) is 5.41 Å². The topological polar surface area (TPSA) is 87.3 Å². The van der Waals surface area contributed by atoms with Gasteiger partial charge >= 0.3 is 0 Å². The number of ether oxygens (including phenoxy) is 2. The molecule has 1 atom stereocenters. The molecular weight excluding hydrogens is 528 g/mol. The second-order valence-electron chi connectivity index (χ2n) is 8.12. The quantitative estimate of drug-likeness (QED) is 0.284. The molecule has 2 aromatic rings. The Bertz CT molecular complexity index is 1220. The number of hydrogen-bond acceptors (Lipinski definition) is 6. The van der Waals surface area contributed by atoms with Crippen molar-refractivity contribution >= 4 is 55.7 Å². The highest BCUT2D eigenvalue weighted by atomic mass is 79.9. The number of hydrazone groups is 1. The number of thioether (sulfide) groups is 1. The van der Waals surface area contributed by atoms with Gasteiger partial charge in [-0.25, -0.2) is 0 Å². The number of carbonyl (C=O) groups excluding carboxylic acids is 1. The van der Waals surface area contributed by atoms with Crippen molar-refractivity contribution in [2.45, 2.75) is 39.5 Å². The number of benzene rings is 2. The minimum absolute atomic E-state index is 0.00560. The van der Waals surface area contributed by atoms with E-state index in [4.69, 9.17) is 14.9 Å². The number of halogens is 1. The molecule has 0 radical (unpaired) electrons. The average molecular weight is 555 g/mol. The molecule has 0 spiro atoms. The van der Waals surface area contributed by atoms with Crippen LogP contribution in [0, 0.1) is 5.41 Å². The largest absolute Gasteiger partial charge is 0.490 e. The highest BCUT2D eigenvalue weighted by Crippen LogP contribution is 2.31. The number of aliphatic imine (C=N–C) groups is 1. The minimum Gasteiger partial charge on any atom is -0.490 e. The SMILES string of the molecule is CCC1=NN2C(=N)/C(=C\c3cc(Br)ccc3OCCOc3ccc([C@@H](C)CC)cc3)C(=O)N=C2S1. The second-order valence-corrected chi connectivity index (χ2v) is 10.1. The van der Waals surface area contributed by atoms with Crippen molar-refractivity contribution in [3.05, 3.63) is 63.6 Å². The third-order valence-electron chi connectivity index (χ3n) is 5.74. The van der Waals surface area contributed by atoms with Crippen LogP contribution in [0.2, 0.25) is 0 Å². The summed E-state index contributed by atoms with van der Waals surface area (Å²) in [7, 11) is 0. The summed E-state index contributed by atoms with van der Waals surface area (Å²) in [6.07, 6.45) is 3.44. The van der Waals surface area contributed by atoms with Gasteiger partial charge in [-0.2, -0.15) is 15.1 Å². The van der Waals surface area contributed by atoms with Crippen molar-refractivity contribution in [2.24, 2.45) is 10.1 Å². The van der Waals surface area contributed by atoms with E-state index in [-0.39, 0.29) is 11.4 Å². The van der Waals surface area contributed by atoms with Gasteiger partial charge in [0.1, 0.15) is 29.8 Å². The number of carbonyl (C=O) groups is 1. The Balaban J connectivity index is 1.44. The summed E-state index contributed by atoms with van der Waals surface area (Å²) in [5, 5.41) is 15.6. The molecule has 35 heavy (non-hydrogen) atoms. The Labute approximate surface area is 217 Å². The van der Waals surface area contributed by atoms with E-state index in [0.717, 1.165) is 21.7 Å². The fourth-order valence-corrected chi connectivity index (χ4v) is 4.74. The van der Waals surface area contributed by atoms with E-state index in [1.165, 1.54) is 22.3 Å². The van der Waals surface area contributed by atoms with Crippen LogP contribution in [0.25, 0.3) is 6.08 Å². The van der Waals surface area contributed by atoms with Gasteiger partial charge in [-0.1, -0.05) is 48.8 Å². The summed E-state index contributed by atoms with van der Waals surface area (Å²) < 4.78 is 12.6. The van der Waals surface area contributed by atoms with Gasteiger partial charge in [0.25, 0.3) is 5.91 Å². The van der Waals surface area contributed by atoms with Crippen molar-refractivity contribution in [2.75, 3.05) is 13.2 Å². The first-order valence-electron chi connectivity index (χ1n) is 11.5. The maximum atomic E-state index is 12.7. The van der Waals surface area contributed by atoms with E-state index >= 15 is 0 Å².